The first-order valence-corrected chi connectivity index (χ1v) is 5.38. The van der Waals surface area contributed by atoms with Gasteiger partial charge in [0.05, 0.1) is 0 Å². The Hall–Kier alpha value is -0.590. The number of ketones is 1. The lowest BCUT2D eigenvalue weighted by Gasteiger charge is -2.17. The van der Waals surface area contributed by atoms with Crippen LogP contribution in [0.15, 0.2) is 12.2 Å². The molecule has 0 amide bonds. The van der Waals surface area contributed by atoms with Gasteiger partial charge >= 0.3 is 0 Å². The van der Waals surface area contributed by atoms with Crippen molar-refractivity contribution in [1.82, 2.24) is 0 Å². The smallest absolute Gasteiger partial charge is 0.136 e. The topological polar surface area (TPSA) is 17.1 Å². The van der Waals surface area contributed by atoms with E-state index in [1.54, 1.807) is 0 Å². The van der Waals surface area contributed by atoms with Crippen LogP contribution in [0.5, 0.6) is 0 Å². The molecule has 2 aliphatic carbocycles. The van der Waals surface area contributed by atoms with Gasteiger partial charge in [-0.15, -0.1) is 0 Å². The van der Waals surface area contributed by atoms with Gasteiger partial charge in [0.15, 0.2) is 0 Å². The number of carbonyl (C=O) groups excluding carboxylic acids is 1. The summed E-state index contributed by atoms with van der Waals surface area (Å²) in [6.45, 7) is 4.25. The molecular formula is C12H18O. The maximum Gasteiger partial charge on any atom is 0.136 e. The van der Waals surface area contributed by atoms with Crippen LogP contribution in [0.3, 0.4) is 0 Å². The first-order valence-electron chi connectivity index (χ1n) is 5.38. The van der Waals surface area contributed by atoms with Crippen molar-refractivity contribution in [1.29, 1.82) is 0 Å². The predicted octanol–water partition coefficient (Wildman–Crippen LogP) is 2.81. The van der Waals surface area contributed by atoms with Crippen molar-refractivity contribution in [3.63, 3.8) is 0 Å². The molecule has 0 radical (unpaired) electrons. The third-order valence-corrected chi connectivity index (χ3v) is 3.30. The highest BCUT2D eigenvalue weighted by atomic mass is 16.1. The van der Waals surface area contributed by atoms with Crippen molar-refractivity contribution in [2.75, 3.05) is 0 Å². The summed E-state index contributed by atoms with van der Waals surface area (Å²) < 4.78 is 0. The van der Waals surface area contributed by atoms with Gasteiger partial charge in [-0.1, -0.05) is 26.0 Å². The lowest BCUT2D eigenvalue weighted by molar-refractivity contribution is -0.124. The Labute approximate surface area is 80.2 Å². The van der Waals surface area contributed by atoms with E-state index in [9.17, 15) is 4.79 Å². The second kappa shape index (κ2) is 3.28. The molecule has 0 N–H and O–H groups in total. The molecule has 3 unspecified atom stereocenters. The summed E-state index contributed by atoms with van der Waals surface area (Å²) in [4.78, 5) is 11.8. The number of hydrogen-bond acceptors (Lipinski definition) is 1. The van der Waals surface area contributed by atoms with Crippen molar-refractivity contribution in [3.8, 4) is 0 Å². The van der Waals surface area contributed by atoms with Crippen LogP contribution in [-0.4, -0.2) is 5.78 Å². The van der Waals surface area contributed by atoms with Crippen LogP contribution in [0.25, 0.3) is 0 Å². The number of Topliss-reactive ketones (excluding diaryl/α,β-unsaturated/α-hetero) is 1. The highest BCUT2D eigenvalue weighted by Gasteiger charge is 2.39. The molecule has 2 bridgehead atoms. The normalized spacial score (nSPS) is 36.1. The molecule has 0 aromatic carbocycles. The molecule has 1 heteroatoms. The lowest BCUT2D eigenvalue weighted by Crippen LogP contribution is -2.20. The summed E-state index contributed by atoms with van der Waals surface area (Å²) in [6.07, 6.45) is 7.71. The minimum Gasteiger partial charge on any atom is -0.299 e. The molecule has 1 nitrogen and oxygen atoms in total. The Morgan fingerprint density at radius 2 is 2.15 bits per heavy atom. The van der Waals surface area contributed by atoms with Crippen LogP contribution in [0, 0.1) is 23.7 Å². The zero-order chi connectivity index (χ0) is 9.42. The molecule has 0 aliphatic heterocycles. The van der Waals surface area contributed by atoms with Gasteiger partial charge < -0.3 is 0 Å². The molecular weight excluding hydrogens is 160 g/mol. The van der Waals surface area contributed by atoms with E-state index in [1.807, 2.05) is 0 Å². The van der Waals surface area contributed by atoms with Gasteiger partial charge in [0, 0.05) is 12.3 Å². The minimum atomic E-state index is 0.373. The number of rotatable bonds is 3. The van der Waals surface area contributed by atoms with Crippen LogP contribution in [0.1, 0.15) is 33.1 Å². The molecule has 13 heavy (non-hydrogen) atoms. The van der Waals surface area contributed by atoms with E-state index in [1.165, 1.54) is 6.42 Å². The number of allylic oxidation sites excluding steroid dienone is 2. The molecule has 0 spiro atoms. The molecule has 0 saturated heterocycles. The van der Waals surface area contributed by atoms with Gasteiger partial charge in [0.25, 0.3) is 0 Å². The zero-order valence-electron chi connectivity index (χ0n) is 8.49. The quantitative estimate of drug-likeness (QED) is 0.607. The fourth-order valence-corrected chi connectivity index (χ4v) is 2.70. The zero-order valence-corrected chi connectivity index (χ0v) is 8.49. The van der Waals surface area contributed by atoms with Crippen LogP contribution in [0.2, 0.25) is 0 Å². The lowest BCUT2D eigenvalue weighted by atomic mass is 9.86. The van der Waals surface area contributed by atoms with E-state index < -0.39 is 0 Å². The Morgan fingerprint density at radius 1 is 1.38 bits per heavy atom. The Bertz CT molecular complexity index is 240. The molecule has 1 fully saturated rings. The molecule has 3 atom stereocenters. The molecule has 72 valence electrons. The standard InChI is InChI=1S/C12H18O/c1-8(2)5-12(13)11-7-9-3-4-10(11)6-9/h3-4,8-11H,5-7H2,1-2H3. The third-order valence-electron chi connectivity index (χ3n) is 3.30. The molecule has 2 aliphatic rings. The molecule has 1 saturated carbocycles. The summed E-state index contributed by atoms with van der Waals surface area (Å²) >= 11 is 0. The maximum atomic E-state index is 11.8. The maximum absolute atomic E-state index is 11.8. The fourth-order valence-electron chi connectivity index (χ4n) is 2.70. The third kappa shape index (κ3) is 1.70. The van der Waals surface area contributed by atoms with E-state index in [-0.39, 0.29) is 0 Å². The van der Waals surface area contributed by atoms with Gasteiger partial charge in [-0.3, -0.25) is 4.79 Å². The second-order valence-electron chi connectivity index (χ2n) is 4.95. The molecule has 2 rings (SSSR count). The van der Waals surface area contributed by atoms with Crippen LogP contribution in [0.4, 0.5) is 0 Å². The van der Waals surface area contributed by atoms with Gasteiger partial charge in [0.2, 0.25) is 0 Å². The Balaban J connectivity index is 1.95. The Kier molecular flexibility index (Phi) is 2.27. The summed E-state index contributed by atoms with van der Waals surface area (Å²) in [5.74, 6) is 2.72. The second-order valence-corrected chi connectivity index (χ2v) is 4.95. The van der Waals surface area contributed by atoms with Crippen LogP contribution >= 0.6 is 0 Å². The van der Waals surface area contributed by atoms with Gasteiger partial charge in [0.1, 0.15) is 5.78 Å². The molecule has 0 aromatic heterocycles. The largest absolute Gasteiger partial charge is 0.299 e. The molecule has 0 heterocycles. The van der Waals surface area contributed by atoms with Crippen molar-refractivity contribution in [3.05, 3.63) is 12.2 Å². The number of hydrogen-bond donors (Lipinski definition) is 0. The van der Waals surface area contributed by atoms with E-state index in [2.05, 4.69) is 26.0 Å². The first kappa shape index (κ1) is 8.98. The summed E-state index contributed by atoms with van der Waals surface area (Å²) in [5.41, 5.74) is 0. The minimum absolute atomic E-state index is 0.373. The highest BCUT2D eigenvalue weighted by molar-refractivity contribution is 5.82. The highest BCUT2D eigenvalue weighted by Crippen LogP contribution is 2.44. The van der Waals surface area contributed by atoms with Gasteiger partial charge in [-0.2, -0.15) is 0 Å². The monoisotopic (exact) mass is 178 g/mol. The number of fused-ring (bicyclic) bond motifs is 2. The summed E-state index contributed by atoms with van der Waals surface area (Å²) in [6, 6.07) is 0. The van der Waals surface area contributed by atoms with Gasteiger partial charge in [-0.25, -0.2) is 0 Å². The van der Waals surface area contributed by atoms with E-state index >= 15 is 0 Å². The summed E-state index contributed by atoms with van der Waals surface area (Å²) in [7, 11) is 0. The summed E-state index contributed by atoms with van der Waals surface area (Å²) in [5, 5.41) is 0. The Morgan fingerprint density at radius 3 is 2.62 bits per heavy atom. The van der Waals surface area contributed by atoms with Crippen molar-refractivity contribution >= 4 is 5.78 Å². The van der Waals surface area contributed by atoms with Crippen molar-refractivity contribution in [2.24, 2.45) is 23.7 Å². The van der Waals surface area contributed by atoms with Crippen LogP contribution < -0.4 is 0 Å². The average molecular weight is 178 g/mol. The van der Waals surface area contributed by atoms with E-state index in [4.69, 9.17) is 0 Å². The van der Waals surface area contributed by atoms with E-state index in [0.29, 0.717) is 23.5 Å². The fraction of sp³-hybridized carbons (Fsp3) is 0.750. The van der Waals surface area contributed by atoms with Crippen LogP contribution in [-0.2, 0) is 4.79 Å². The van der Waals surface area contributed by atoms with Crippen molar-refractivity contribution < 1.29 is 4.79 Å². The first-order chi connectivity index (χ1) is 6.16. The van der Waals surface area contributed by atoms with Crippen molar-refractivity contribution in [2.45, 2.75) is 33.1 Å². The van der Waals surface area contributed by atoms with Gasteiger partial charge in [-0.05, 0) is 30.6 Å². The predicted molar refractivity (Wildman–Crippen MR) is 53.3 cm³/mol. The SMILES string of the molecule is CC(C)CC(=O)C1CC2C=CC1C2. The molecule has 0 aromatic rings. The number of carbonyl (C=O) groups is 1. The van der Waals surface area contributed by atoms with E-state index in [0.717, 1.165) is 18.8 Å². The average Bonchev–Trinajstić information content (AvgIpc) is 2.62.